The minimum absolute atomic E-state index is 0.0480. The maximum atomic E-state index is 13.3. The molecule has 0 saturated carbocycles. The molecular weight excluding hydrogens is 414 g/mol. The van der Waals surface area contributed by atoms with Crippen LogP contribution in [0.15, 0.2) is 54.6 Å². The van der Waals surface area contributed by atoms with Crippen molar-refractivity contribution in [3.05, 3.63) is 82.7 Å². The van der Waals surface area contributed by atoms with Crippen LogP contribution in [0, 0.1) is 6.92 Å². The largest absolute Gasteiger partial charge is 0.368 e. The van der Waals surface area contributed by atoms with Gasteiger partial charge in [-0.25, -0.2) is 0 Å². The van der Waals surface area contributed by atoms with Gasteiger partial charge >= 0.3 is 0 Å². The predicted octanol–water partition coefficient (Wildman–Crippen LogP) is 2.81. The van der Waals surface area contributed by atoms with E-state index in [-0.39, 0.29) is 11.8 Å². The fourth-order valence-corrected chi connectivity index (χ4v) is 4.75. The van der Waals surface area contributed by atoms with Crippen LogP contribution in [0.1, 0.15) is 32.9 Å². The van der Waals surface area contributed by atoms with Crippen LogP contribution in [-0.2, 0) is 24.2 Å². The smallest absolute Gasteiger partial charge is 0.274 e. The highest BCUT2D eigenvalue weighted by Gasteiger charge is 2.31. The zero-order valence-electron chi connectivity index (χ0n) is 19.0. The Labute approximate surface area is 194 Å². The Kier molecular flexibility index (Phi) is 5.86. The quantitative estimate of drug-likeness (QED) is 0.673. The number of amides is 2. The average molecular weight is 444 g/mol. The van der Waals surface area contributed by atoms with E-state index in [0.29, 0.717) is 44.7 Å². The molecule has 0 bridgehead atoms. The number of aromatic amines is 1. The highest BCUT2D eigenvalue weighted by Crippen LogP contribution is 2.23. The van der Waals surface area contributed by atoms with Gasteiger partial charge in [0.15, 0.2) is 5.69 Å². The molecule has 0 aliphatic carbocycles. The summed E-state index contributed by atoms with van der Waals surface area (Å²) in [5, 5.41) is 7.42. The number of fused-ring (bicyclic) bond motifs is 1. The monoisotopic (exact) mass is 443 g/mol. The van der Waals surface area contributed by atoms with Gasteiger partial charge in [-0.3, -0.25) is 14.7 Å². The maximum Gasteiger partial charge on any atom is 0.274 e. The lowest BCUT2D eigenvalue weighted by molar-refractivity contribution is -0.131. The van der Waals surface area contributed by atoms with E-state index in [1.54, 1.807) is 0 Å². The molecule has 33 heavy (non-hydrogen) atoms. The molecule has 1 fully saturated rings. The second-order valence-electron chi connectivity index (χ2n) is 8.88. The summed E-state index contributed by atoms with van der Waals surface area (Å²) >= 11 is 0. The molecule has 2 aliphatic rings. The average Bonchev–Trinajstić information content (AvgIpc) is 3.27. The third kappa shape index (κ3) is 4.49. The van der Waals surface area contributed by atoms with Crippen LogP contribution in [0.4, 0.5) is 5.69 Å². The van der Waals surface area contributed by atoms with Crippen molar-refractivity contribution in [2.45, 2.75) is 26.3 Å². The molecule has 0 radical (unpaired) electrons. The molecule has 3 aromatic rings. The Balaban J connectivity index is 1.24. The summed E-state index contributed by atoms with van der Waals surface area (Å²) < 4.78 is 0. The molecule has 7 nitrogen and oxygen atoms in total. The van der Waals surface area contributed by atoms with E-state index in [9.17, 15) is 9.59 Å². The van der Waals surface area contributed by atoms with Gasteiger partial charge in [0.2, 0.25) is 5.91 Å². The van der Waals surface area contributed by atoms with E-state index in [0.717, 1.165) is 35.5 Å². The van der Waals surface area contributed by atoms with Crippen molar-refractivity contribution in [1.29, 1.82) is 0 Å². The Morgan fingerprint density at radius 3 is 2.48 bits per heavy atom. The van der Waals surface area contributed by atoms with Crippen molar-refractivity contribution in [2.24, 2.45) is 0 Å². The van der Waals surface area contributed by atoms with Crippen LogP contribution in [0.25, 0.3) is 0 Å². The Morgan fingerprint density at radius 1 is 0.939 bits per heavy atom. The summed E-state index contributed by atoms with van der Waals surface area (Å²) in [6, 6.07) is 18.3. The number of carbonyl (C=O) groups excluding carboxylic acids is 2. The van der Waals surface area contributed by atoms with Crippen molar-refractivity contribution in [3.8, 4) is 0 Å². The minimum Gasteiger partial charge on any atom is -0.368 e. The van der Waals surface area contributed by atoms with Gasteiger partial charge in [0.1, 0.15) is 0 Å². The number of rotatable bonds is 4. The number of anilines is 1. The number of para-hydroxylation sites is 1. The zero-order valence-corrected chi connectivity index (χ0v) is 19.0. The highest BCUT2D eigenvalue weighted by molar-refractivity contribution is 5.94. The van der Waals surface area contributed by atoms with Crippen molar-refractivity contribution in [1.82, 2.24) is 20.0 Å². The number of piperazine rings is 1. The van der Waals surface area contributed by atoms with Crippen molar-refractivity contribution >= 4 is 17.5 Å². The summed E-state index contributed by atoms with van der Waals surface area (Å²) in [5.41, 5.74) is 5.66. The maximum absolute atomic E-state index is 13.3. The van der Waals surface area contributed by atoms with Gasteiger partial charge in [0.05, 0.1) is 6.42 Å². The van der Waals surface area contributed by atoms with Gasteiger partial charge in [-0.2, -0.15) is 5.10 Å². The molecule has 1 saturated heterocycles. The van der Waals surface area contributed by atoms with E-state index in [4.69, 9.17) is 0 Å². The molecule has 0 unspecified atom stereocenters. The molecule has 1 N–H and O–H groups in total. The fourth-order valence-electron chi connectivity index (χ4n) is 4.75. The van der Waals surface area contributed by atoms with E-state index in [1.165, 1.54) is 5.69 Å². The lowest BCUT2D eigenvalue weighted by atomic mass is 10.0. The Morgan fingerprint density at radius 2 is 1.73 bits per heavy atom. The van der Waals surface area contributed by atoms with Crippen molar-refractivity contribution in [2.75, 3.05) is 37.6 Å². The number of benzene rings is 2. The summed E-state index contributed by atoms with van der Waals surface area (Å²) in [6.07, 6.45) is 1.07. The second-order valence-corrected chi connectivity index (χ2v) is 8.88. The molecular formula is C26H29N5O2. The van der Waals surface area contributed by atoms with Gasteiger partial charge in [0, 0.05) is 62.6 Å². The number of aryl methyl sites for hydroxylation is 1. The molecule has 3 heterocycles. The normalized spacial score (nSPS) is 16.0. The highest BCUT2D eigenvalue weighted by atomic mass is 16.2. The predicted molar refractivity (Wildman–Crippen MR) is 127 cm³/mol. The zero-order chi connectivity index (χ0) is 22.8. The molecule has 2 amide bonds. The molecule has 2 aromatic carbocycles. The SMILES string of the molecule is Cc1cccc(CC(=O)N2CCc3[nH]nc(C(=O)N4CCN(c5ccccc5)CC4)c3C2)c1. The van der Waals surface area contributed by atoms with Crippen LogP contribution in [-0.4, -0.2) is 64.5 Å². The van der Waals surface area contributed by atoms with Crippen LogP contribution < -0.4 is 4.90 Å². The topological polar surface area (TPSA) is 72.5 Å². The molecule has 0 atom stereocenters. The third-order valence-corrected chi connectivity index (χ3v) is 6.61. The first kappa shape index (κ1) is 21.2. The van der Waals surface area contributed by atoms with Crippen LogP contribution in [0.2, 0.25) is 0 Å². The number of hydrogen-bond donors (Lipinski definition) is 1. The lowest BCUT2D eigenvalue weighted by Gasteiger charge is -2.36. The fraction of sp³-hybridized carbons (Fsp3) is 0.346. The van der Waals surface area contributed by atoms with Crippen molar-refractivity contribution in [3.63, 3.8) is 0 Å². The van der Waals surface area contributed by atoms with Crippen LogP contribution >= 0.6 is 0 Å². The molecule has 2 aliphatic heterocycles. The number of nitrogens with one attached hydrogen (secondary N) is 1. The number of hydrogen-bond acceptors (Lipinski definition) is 4. The van der Waals surface area contributed by atoms with Gasteiger partial charge in [-0.15, -0.1) is 0 Å². The van der Waals surface area contributed by atoms with Gasteiger partial charge < -0.3 is 14.7 Å². The van der Waals surface area contributed by atoms with E-state index >= 15 is 0 Å². The van der Waals surface area contributed by atoms with Gasteiger partial charge in [-0.05, 0) is 24.6 Å². The first-order valence-corrected chi connectivity index (χ1v) is 11.6. The standard InChI is InChI=1S/C26H29N5O2/c1-19-6-5-7-20(16-19)17-24(32)31-11-10-23-22(18-31)25(28-27-23)26(33)30-14-12-29(13-15-30)21-8-3-2-4-9-21/h2-9,16H,10-15,17-18H2,1H3,(H,27,28). The van der Waals surface area contributed by atoms with E-state index in [1.807, 2.05) is 53.1 Å². The van der Waals surface area contributed by atoms with Crippen LogP contribution in [0.5, 0.6) is 0 Å². The number of nitrogens with zero attached hydrogens (tertiary/aromatic N) is 4. The van der Waals surface area contributed by atoms with Gasteiger partial charge in [0.25, 0.3) is 5.91 Å². The number of aromatic nitrogens is 2. The summed E-state index contributed by atoms with van der Waals surface area (Å²) in [7, 11) is 0. The molecule has 1 aromatic heterocycles. The first-order valence-electron chi connectivity index (χ1n) is 11.6. The van der Waals surface area contributed by atoms with E-state index < -0.39 is 0 Å². The number of carbonyl (C=O) groups is 2. The summed E-state index contributed by atoms with van der Waals surface area (Å²) in [4.78, 5) is 32.3. The summed E-state index contributed by atoms with van der Waals surface area (Å²) in [6.45, 7) is 6.01. The second kappa shape index (κ2) is 9.10. The minimum atomic E-state index is -0.0480. The van der Waals surface area contributed by atoms with E-state index in [2.05, 4.69) is 33.3 Å². The first-order chi connectivity index (χ1) is 16.1. The molecule has 170 valence electrons. The van der Waals surface area contributed by atoms with Crippen molar-refractivity contribution < 1.29 is 9.59 Å². The van der Waals surface area contributed by atoms with Gasteiger partial charge in [-0.1, -0.05) is 48.0 Å². The molecule has 0 spiro atoms. The van der Waals surface area contributed by atoms with Crippen LogP contribution in [0.3, 0.4) is 0 Å². The summed E-state index contributed by atoms with van der Waals surface area (Å²) in [5.74, 6) is 0.0375. The Bertz CT molecular complexity index is 1150. The Hall–Kier alpha value is -3.61. The lowest BCUT2D eigenvalue weighted by Crippen LogP contribution is -2.49. The third-order valence-electron chi connectivity index (χ3n) is 6.61. The molecule has 7 heteroatoms. The molecule has 5 rings (SSSR count). The number of H-pyrrole nitrogens is 1.